The number of nitrogens with zero attached hydrogens (tertiary/aromatic N) is 3. The van der Waals surface area contributed by atoms with Crippen LogP contribution in [-0.2, 0) is 9.53 Å². The lowest BCUT2D eigenvalue weighted by atomic mass is 10.1. The van der Waals surface area contributed by atoms with Gasteiger partial charge in [0.1, 0.15) is 5.84 Å². The summed E-state index contributed by atoms with van der Waals surface area (Å²) in [5.41, 5.74) is 2.08. The highest BCUT2D eigenvalue weighted by Crippen LogP contribution is 2.41. The molecule has 4 rings (SSSR count). The zero-order chi connectivity index (χ0) is 21.6. The van der Waals surface area contributed by atoms with Crippen molar-refractivity contribution >= 4 is 40.9 Å². The molecule has 0 saturated carbocycles. The van der Waals surface area contributed by atoms with Gasteiger partial charge in [-0.2, -0.15) is 0 Å². The highest BCUT2D eigenvalue weighted by atomic mass is 35.5. The van der Waals surface area contributed by atoms with Gasteiger partial charge in [0.2, 0.25) is 0 Å². The number of halogens is 1. The highest BCUT2D eigenvalue weighted by molar-refractivity contribution is 7.99. The lowest BCUT2D eigenvalue weighted by molar-refractivity contribution is -0.137. The largest absolute Gasteiger partial charge is 0.481 e. The van der Waals surface area contributed by atoms with E-state index in [0.29, 0.717) is 19.6 Å². The van der Waals surface area contributed by atoms with Crippen LogP contribution in [0.2, 0.25) is 5.02 Å². The molecule has 1 saturated heterocycles. The molecule has 8 heteroatoms. The molecule has 6 nitrogen and oxygen atoms in total. The van der Waals surface area contributed by atoms with Crippen LogP contribution in [0.1, 0.15) is 18.4 Å². The summed E-state index contributed by atoms with van der Waals surface area (Å²) in [4.78, 5) is 22.6. The van der Waals surface area contributed by atoms with E-state index in [1.807, 2.05) is 24.3 Å². The van der Waals surface area contributed by atoms with Gasteiger partial charge >= 0.3 is 5.97 Å². The second-order valence-corrected chi connectivity index (χ2v) is 9.10. The van der Waals surface area contributed by atoms with E-state index in [1.54, 1.807) is 11.8 Å². The van der Waals surface area contributed by atoms with Crippen molar-refractivity contribution in [3.63, 3.8) is 0 Å². The fourth-order valence-electron chi connectivity index (χ4n) is 3.74. The molecule has 2 aromatic rings. The number of ether oxygens (including phenoxy) is 1. The Morgan fingerprint density at radius 2 is 1.90 bits per heavy atom. The van der Waals surface area contributed by atoms with E-state index in [9.17, 15) is 4.79 Å². The third kappa shape index (κ3) is 5.80. The third-order valence-electron chi connectivity index (χ3n) is 5.40. The molecule has 0 atom stereocenters. The summed E-state index contributed by atoms with van der Waals surface area (Å²) in [7, 11) is 0. The fraction of sp³-hybridized carbons (Fsp3) is 0.391. The highest BCUT2D eigenvalue weighted by Gasteiger charge is 2.25. The Bertz CT molecular complexity index is 961. The molecule has 0 unspecified atom stereocenters. The number of amidine groups is 1. The standard InChI is InChI=1S/C23H26ClN3O3S/c24-17-7-8-20-18(16-17)23(25-19-4-1-2-5-21(19)31-20)27-11-9-26(10-12-27)13-15-30-14-3-6-22(28)29/h1-2,4-5,7-8,16H,3,6,9-15H2,(H,28,29). The zero-order valence-electron chi connectivity index (χ0n) is 17.3. The first kappa shape index (κ1) is 22.1. The van der Waals surface area contributed by atoms with Crippen molar-refractivity contribution in [1.82, 2.24) is 9.80 Å². The topological polar surface area (TPSA) is 65.4 Å². The van der Waals surface area contributed by atoms with Crippen LogP contribution in [0.25, 0.3) is 0 Å². The molecule has 2 aliphatic heterocycles. The first-order valence-corrected chi connectivity index (χ1v) is 11.7. The van der Waals surface area contributed by atoms with Gasteiger partial charge < -0.3 is 14.7 Å². The van der Waals surface area contributed by atoms with Crippen LogP contribution >= 0.6 is 23.4 Å². The van der Waals surface area contributed by atoms with Gasteiger partial charge in [-0.05, 0) is 36.8 Å². The van der Waals surface area contributed by atoms with E-state index in [2.05, 4.69) is 28.0 Å². The van der Waals surface area contributed by atoms with E-state index in [-0.39, 0.29) is 6.42 Å². The summed E-state index contributed by atoms with van der Waals surface area (Å²) in [5, 5.41) is 9.39. The predicted molar refractivity (Wildman–Crippen MR) is 124 cm³/mol. The summed E-state index contributed by atoms with van der Waals surface area (Å²) in [6, 6.07) is 14.3. The third-order valence-corrected chi connectivity index (χ3v) is 6.77. The molecule has 164 valence electrons. The van der Waals surface area contributed by atoms with E-state index in [4.69, 9.17) is 26.4 Å². The Kier molecular flexibility index (Phi) is 7.50. The average molecular weight is 460 g/mol. The summed E-state index contributed by atoms with van der Waals surface area (Å²) in [6.45, 7) is 5.62. The second kappa shape index (κ2) is 10.5. The van der Waals surface area contributed by atoms with Crippen molar-refractivity contribution in [2.24, 2.45) is 4.99 Å². The van der Waals surface area contributed by atoms with Crippen LogP contribution in [0.15, 0.2) is 57.2 Å². The molecule has 0 spiro atoms. The van der Waals surface area contributed by atoms with E-state index >= 15 is 0 Å². The van der Waals surface area contributed by atoms with Crippen LogP contribution in [0, 0.1) is 0 Å². The first-order valence-electron chi connectivity index (χ1n) is 10.5. The predicted octanol–water partition coefficient (Wildman–Crippen LogP) is 4.38. The lowest BCUT2D eigenvalue weighted by Crippen LogP contribution is -2.49. The smallest absolute Gasteiger partial charge is 0.303 e. The van der Waals surface area contributed by atoms with Crippen LogP contribution in [-0.4, -0.2) is 72.6 Å². The Hall–Kier alpha value is -2.06. The minimum absolute atomic E-state index is 0.160. The summed E-state index contributed by atoms with van der Waals surface area (Å²) < 4.78 is 5.59. The maximum atomic E-state index is 10.5. The van der Waals surface area contributed by atoms with Gasteiger partial charge in [-0.15, -0.1) is 0 Å². The van der Waals surface area contributed by atoms with Gasteiger partial charge in [0.25, 0.3) is 0 Å². The van der Waals surface area contributed by atoms with Crippen molar-refractivity contribution in [3.8, 4) is 0 Å². The number of hydrogen-bond acceptors (Lipinski definition) is 6. The molecule has 0 aromatic heterocycles. The van der Waals surface area contributed by atoms with Crippen molar-refractivity contribution in [2.75, 3.05) is 45.9 Å². The van der Waals surface area contributed by atoms with Crippen molar-refractivity contribution in [3.05, 3.63) is 53.1 Å². The molecule has 2 aromatic carbocycles. The van der Waals surface area contributed by atoms with E-state index in [0.717, 1.165) is 59.7 Å². The number of carboxylic acids is 1. The van der Waals surface area contributed by atoms with Gasteiger partial charge in [0.05, 0.1) is 12.3 Å². The number of carbonyl (C=O) groups is 1. The number of para-hydroxylation sites is 1. The molecule has 31 heavy (non-hydrogen) atoms. The van der Waals surface area contributed by atoms with Crippen LogP contribution in [0.4, 0.5) is 5.69 Å². The molecule has 2 heterocycles. The van der Waals surface area contributed by atoms with Gasteiger partial charge in [-0.25, -0.2) is 4.99 Å². The van der Waals surface area contributed by atoms with Crippen molar-refractivity contribution < 1.29 is 14.6 Å². The second-order valence-electron chi connectivity index (χ2n) is 7.58. The Labute approximate surface area is 191 Å². The van der Waals surface area contributed by atoms with Crippen molar-refractivity contribution in [1.29, 1.82) is 0 Å². The minimum atomic E-state index is -0.773. The summed E-state index contributed by atoms with van der Waals surface area (Å²) >= 11 is 8.08. The molecule has 2 aliphatic rings. The SMILES string of the molecule is O=C(O)CCCOCCN1CCN(C2=Nc3ccccc3Sc3ccc(Cl)cc32)CC1. The molecule has 1 fully saturated rings. The fourth-order valence-corrected chi connectivity index (χ4v) is 4.91. The Balaban J connectivity index is 1.39. The minimum Gasteiger partial charge on any atom is -0.481 e. The molecule has 0 radical (unpaired) electrons. The number of aliphatic carboxylic acids is 1. The van der Waals surface area contributed by atoms with Crippen LogP contribution in [0.5, 0.6) is 0 Å². The number of hydrogen-bond donors (Lipinski definition) is 1. The molecule has 0 amide bonds. The molecular formula is C23H26ClN3O3S. The lowest BCUT2D eigenvalue weighted by Gasteiger charge is -2.36. The maximum Gasteiger partial charge on any atom is 0.303 e. The van der Waals surface area contributed by atoms with Gasteiger partial charge in [-0.3, -0.25) is 9.69 Å². The molecular weight excluding hydrogens is 434 g/mol. The molecule has 0 bridgehead atoms. The maximum absolute atomic E-state index is 10.5. The van der Waals surface area contributed by atoms with Gasteiger partial charge in [0, 0.05) is 66.1 Å². The number of piperazine rings is 1. The van der Waals surface area contributed by atoms with Crippen LogP contribution in [0.3, 0.4) is 0 Å². The van der Waals surface area contributed by atoms with Crippen LogP contribution < -0.4 is 0 Å². The number of benzene rings is 2. The summed E-state index contributed by atoms with van der Waals surface area (Å²) in [5.74, 6) is 0.213. The first-order chi connectivity index (χ1) is 15.1. The number of carboxylic acid groups (broad SMARTS) is 1. The normalized spacial score (nSPS) is 16.3. The van der Waals surface area contributed by atoms with E-state index < -0.39 is 5.97 Å². The monoisotopic (exact) mass is 459 g/mol. The van der Waals surface area contributed by atoms with Gasteiger partial charge in [-0.1, -0.05) is 35.5 Å². The average Bonchev–Trinajstić information content (AvgIpc) is 2.93. The number of aliphatic imine (C=N–C) groups is 1. The Morgan fingerprint density at radius 1 is 1.10 bits per heavy atom. The molecule has 0 aliphatic carbocycles. The summed E-state index contributed by atoms with van der Waals surface area (Å²) in [6.07, 6.45) is 0.720. The number of fused-ring (bicyclic) bond motifs is 2. The van der Waals surface area contributed by atoms with E-state index in [1.165, 1.54) is 4.90 Å². The molecule has 1 N–H and O–H groups in total. The Morgan fingerprint density at radius 3 is 2.71 bits per heavy atom. The zero-order valence-corrected chi connectivity index (χ0v) is 18.9. The quantitative estimate of drug-likeness (QED) is 0.620. The van der Waals surface area contributed by atoms with Crippen molar-refractivity contribution in [2.45, 2.75) is 22.6 Å². The number of rotatable bonds is 7. The van der Waals surface area contributed by atoms with Gasteiger partial charge in [0.15, 0.2) is 0 Å².